The van der Waals surface area contributed by atoms with Crippen molar-refractivity contribution in [1.82, 2.24) is 0 Å². The van der Waals surface area contributed by atoms with Crippen LogP contribution in [0.1, 0.15) is 0 Å². The van der Waals surface area contributed by atoms with Crippen molar-refractivity contribution in [2.24, 2.45) is 0 Å². The molecule has 0 aliphatic carbocycles. The zero-order chi connectivity index (χ0) is 8.55. The van der Waals surface area contributed by atoms with Crippen molar-refractivity contribution in [2.75, 3.05) is 0 Å². The van der Waals surface area contributed by atoms with Gasteiger partial charge in [-0.25, -0.2) is 4.79 Å². The van der Waals surface area contributed by atoms with Gasteiger partial charge in [0.15, 0.2) is 0 Å². The van der Waals surface area contributed by atoms with Gasteiger partial charge in [-0.1, -0.05) is 18.2 Å². The standard InChI is InChI=1S/C9H7NO2.Li/c10-7-5-9(11)12-8-4-2-1-3-6(7)8;/h1-5H,(H2,10,11);/q;+1/p-1. The second kappa shape index (κ2) is 3.69. The molecule has 0 fully saturated rings. The molecular formula is C9H6LiNO2. The van der Waals surface area contributed by atoms with Crippen LogP contribution in [-0.4, -0.2) is 0 Å². The zero-order valence-electron chi connectivity index (χ0n) is 7.20. The molecule has 4 heteroatoms. The van der Waals surface area contributed by atoms with Gasteiger partial charge in [0.25, 0.3) is 0 Å². The minimum Gasteiger partial charge on any atom is -0.698 e. The summed E-state index contributed by atoms with van der Waals surface area (Å²) in [6.07, 6.45) is 0. The second-order valence-electron chi connectivity index (χ2n) is 2.48. The van der Waals surface area contributed by atoms with Gasteiger partial charge in [-0.15, -0.1) is 5.69 Å². The Labute approximate surface area is 86.7 Å². The number of rotatable bonds is 0. The molecule has 0 saturated carbocycles. The maximum Gasteiger partial charge on any atom is 1.00 e. The van der Waals surface area contributed by atoms with E-state index in [1.54, 1.807) is 24.3 Å². The topological polar surface area (TPSA) is 54.0 Å². The molecule has 0 atom stereocenters. The third-order valence-electron chi connectivity index (χ3n) is 1.65. The van der Waals surface area contributed by atoms with E-state index in [1.165, 1.54) is 6.07 Å². The minimum atomic E-state index is -0.473. The molecule has 0 bridgehead atoms. The smallest absolute Gasteiger partial charge is 0.698 e. The number of hydrogen-bond acceptors (Lipinski definition) is 2. The fourth-order valence-corrected chi connectivity index (χ4v) is 1.11. The predicted octanol–water partition coefficient (Wildman–Crippen LogP) is -0.519. The first-order valence-corrected chi connectivity index (χ1v) is 3.52. The molecule has 0 aliphatic heterocycles. The fraction of sp³-hybridized carbons (Fsp3) is 0. The molecule has 0 amide bonds. The second-order valence-corrected chi connectivity index (χ2v) is 2.48. The van der Waals surface area contributed by atoms with E-state index < -0.39 is 5.63 Å². The number of para-hydroxylation sites is 1. The Kier molecular flexibility index (Phi) is 2.82. The van der Waals surface area contributed by atoms with Crippen LogP contribution in [0, 0.1) is 0 Å². The van der Waals surface area contributed by atoms with Gasteiger partial charge in [0.1, 0.15) is 5.58 Å². The SMILES string of the molecule is [Li+].[NH-]c1cc(=O)oc2ccccc12. The summed E-state index contributed by atoms with van der Waals surface area (Å²) >= 11 is 0. The molecule has 2 aromatic rings. The summed E-state index contributed by atoms with van der Waals surface area (Å²) < 4.78 is 4.87. The predicted molar refractivity (Wildman–Crippen MR) is 46.5 cm³/mol. The van der Waals surface area contributed by atoms with Crippen LogP contribution in [0.2, 0.25) is 0 Å². The van der Waals surface area contributed by atoms with Gasteiger partial charge in [-0.05, 0) is 6.07 Å². The monoisotopic (exact) mass is 167 g/mol. The average molecular weight is 167 g/mol. The van der Waals surface area contributed by atoms with Crippen LogP contribution in [-0.2, 0) is 0 Å². The van der Waals surface area contributed by atoms with E-state index in [-0.39, 0.29) is 24.5 Å². The van der Waals surface area contributed by atoms with Crippen LogP contribution in [0.25, 0.3) is 16.7 Å². The van der Waals surface area contributed by atoms with Crippen molar-refractivity contribution in [3.63, 3.8) is 0 Å². The van der Waals surface area contributed by atoms with Gasteiger partial charge in [-0.2, -0.15) is 0 Å². The largest absolute Gasteiger partial charge is 1.00 e. The van der Waals surface area contributed by atoms with Crippen LogP contribution >= 0.6 is 0 Å². The molecule has 0 aliphatic rings. The first-order chi connectivity index (χ1) is 5.77. The van der Waals surface area contributed by atoms with Crippen LogP contribution in [0.3, 0.4) is 0 Å². The Morgan fingerprint density at radius 2 is 1.92 bits per heavy atom. The van der Waals surface area contributed by atoms with Crippen molar-refractivity contribution in [3.8, 4) is 0 Å². The van der Waals surface area contributed by atoms with Crippen LogP contribution < -0.4 is 24.5 Å². The number of hydrogen-bond donors (Lipinski definition) is 0. The molecule has 3 nitrogen and oxygen atoms in total. The Hall–Kier alpha value is -1.17. The minimum absolute atomic E-state index is 0. The number of nitrogens with one attached hydrogen (secondary N) is 1. The Bertz CT molecular complexity index is 478. The van der Waals surface area contributed by atoms with E-state index in [2.05, 4.69) is 0 Å². The quantitative estimate of drug-likeness (QED) is 0.391. The Morgan fingerprint density at radius 3 is 2.69 bits per heavy atom. The summed E-state index contributed by atoms with van der Waals surface area (Å²) in [7, 11) is 0. The van der Waals surface area contributed by atoms with Crippen molar-refractivity contribution >= 4 is 16.7 Å². The molecule has 1 aromatic carbocycles. The molecule has 1 heterocycles. The van der Waals surface area contributed by atoms with Crippen LogP contribution in [0.5, 0.6) is 0 Å². The Balaban J connectivity index is 0.000000845. The van der Waals surface area contributed by atoms with Crippen molar-refractivity contribution < 1.29 is 23.3 Å². The van der Waals surface area contributed by atoms with E-state index in [4.69, 9.17) is 10.2 Å². The summed E-state index contributed by atoms with van der Waals surface area (Å²) in [6.45, 7) is 0. The van der Waals surface area contributed by atoms with E-state index in [0.717, 1.165) is 0 Å². The molecule has 2 rings (SSSR count). The summed E-state index contributed by atoms with van der Waals surface area (Å²) in [6, 6.07) is 8.17. The van der Waals surface area contributed by atoms with Gasteiger partial charge >= 0.3 is 24.5 Å². The molecule has 1 N–H and O–H groups in total. The average Bonchev–Trinajstić information content (AvgIpc) is 2.04. The first kappa shape index (κ1) is 9.91. The Morgan fingerprint density at radius 1 is 1.23 bits per heavy atom. The van der Waals surface area contributed by atoms with Gasteiger partial charge in [0.05, 0.1) is 0 Å². The number of benzene rings is 1. The van der Waals surface area contributed by atoms with Crippen molar-refractivity contribution in [3.05, 3.63) is 46.5 Å². The van der Waals surface area contributed by atoms with E-state index >= 15 is 0 Å². The molecule has 0 saturated heterocycles. The van der Waals surface area contributed by atoms with Crippen LogP contribution in [0.4, 0.5) is 5.69 Å². The van der Waals surface area contributed by atoms with Crippen LogP contribution in [0.15, 0.2) is 39.5 Å². The normalized spacial score (nSPS) is 9.54. The summed E-state index contributed by atoms with van der Waals surface area (Å²) in [5, 5.41) is 0.664. The molecule has 0 unspecified atom stereocenters. The van der Waals surface area contributed by atoms with Gasteiger partial charge in [-0.3, -0.25) is 0 Å². The van der Waals surface area contributed by atoms with E-state index in [9.17, 15) is 4.79 Å². The number of fused-ring (bicyclic) bond motifs is 1. The molecular weight excluding hydrogens is 161 g/mol. The molecule has 0 radical (unpaired) electrons. The van der Waals surface area contributed by atoms with Crippen molar-refractivity contribution in [1.29, 1.82) is 0 Å². The maximum absolute atomic E-state index is 10.8. The zero-order valence-corrected chi connectivity index (χ0v) is 7.20. The molecule has 1 aromatic heterocycles. The summed E-state index contributed by atoms with van der Waals surface area (Å²) in [4.78, 5) is 10.8. The molecule has 60 valence electrons. The van der Waals surface area contributed by atoms with E-state index in [1.807, 2.05) is 0 Å². The third kappa shape index (κ3) is 1.77. The summed E-state index contributed by atoms with van der Waals surface area (Å²) in [5.74, 6) is 0. The maximum atomic E-state index is 10.8. The van der Waals surface area contributed by atoms with Crippen molar-refractivity contribution in [2.45, 2.75) is 0 Å². The fourth-order valence-electron chi connectivity index (χ4n) is 1.11. The van der Waals surface area contributed by atoms with Gasteiger partial charge in [0.2, 0.25) is 0 Å². The first-order valence-electron chi connectivity index (χ1n) is 3.52. The van der Waals surface area contributed by atoms with E-state index in [0.29, 0.717) is 11.0 Å². The summed E-state index contributed by atoms with van der Waals surface area (Å²) in [5.41, 5.74) is 7.65. The molecule has 13 heavy (non-hydrogen) atoms. The molecule has 0 spiro atoms. The van der Waals surface area contributed by atoms with Gasteiger partial charge in [0, 0.05) is 11.5 Å². The third-order valence-corrected chi connectivity index (χ3v) is 1.65. The van der Waals surface area contributed by atoms with Gasteiger partial charge < -0.3 is 10.2 Å².